The van der Waals surface area contributed by atoms with Gasteiger partial charge in [-0.15, -0.1) is 0 Å². The van der Waals surface area contributed by atoms with Crippen LogP contribution in [0.25, 0.3) is 0 Å². The zero-order chi connectivity index (χ0) is 18.3. The molecule has 0 radical (unpaired) electrons. The zero-order valence-electron chi connectivity index (χ0n) is 14.7. The first-order valence-electron chi connectivity index (χ1n) is 8.03. The molecule has 136 valence electrons. The smallest absolute Gasteiger partial charge is 0.330 e. The molecule has 0 aromatic carbocycles. The Morgan fingerprint density at radius 2 is 2.12 bits per heavy atom. The van der Waals surface area contributed by atoms with E-state index >= 15 is 0 Å². The van der Waals surface area contributed by atoms with Gasteiger partial charge in [0.2, 0.25) is 0 Å². The number of nitrogens with zero attached hydrogens (tertiary/aromatic N) is 2. The highest BCUT2D eigenvalue weighted by molar-refractivity contribution is 7.80. The molecule has 0 aliphatic rings. The highest BCUT2D eigenvalue weighted by Gasteiger charge is 2.22. The summed E-state index contributed by atoms with van der Waals surface area (Å²) in [6.45, 7) is 7.03. The summed E-state index contributed by atoms with van der Waals surface area (Å²) >= 11 is 5.39. The highest BCUT2D eigenvalue weighted by Crippen LogP contribution is 2.17. The summed E-state index contributed by atoms with van der Waals surface area (Å²) in [6.07, 6.45) is 1.68. The van der Waals surface area contributed by atoms with Crippen molar-refractivity contribution in [3.8, 4) is 0 Å². The maximum Gasteiger partial charge on any atom is 0.330 e. The SMILES string of the molecule is CCCCn1c(N)c(N(CCOC)C(=S)NC(C)C)c(=O)[nH]c1=O. The van der Waals surface area contributed by atoms with Gasteiger partial charge >= 0.3 is 5.69 Å². The molecule has 1 aromatic rings. The number of aromatic amines is 1. The topological polar surface area (TPSA) is 105 Å². The minimum absolute atomic E-state index is 0.0915. The molecule has 0 bridgehead atoms. The molecule has 4 N–H and O–H groups in total. The second kappa shape index (κ2) is 9.43. The summed E-state index contributed by atoms with van der Waals surface area (Å²) in [5.41, 5.74) is 5.24. The summed E-state index contributed by atoms with van der Waals surface area (Å²) in [6, 6.07) is 0.0915. The van der Waals surface area contributed by atoms with Crippen molar-refractivity contribution in [2.75, 3.05) is 30.9 Å². The Hall–Kier alpha value is -1.87. The molecular weight excluding hydrogens is 330 g/mol. The van der Waals surface area contributed by atoms with Gasteiger partial charge in [0, 0.05) is 26.2 Å². The Balaban J connectivity index is 3.37. The van der Waals surface area contributed by atoms with Crippen molar-refractivity contribution in [1.82, 2.24) is 14.9 Å². The maximum absolute atomic E-state index is 12.4. The van der Waals surface area contributed by atoms with Crippen LogP contribution < -0.4 is 27.2 Å². The van der Waals surface area contributed by atoms with E-state index in [1.54, 1.807) is 12.0 Å². The summed E-state index contributed by atoms with van der Waals surface area (Å²) in [4.78, 5) is 28.3. The quantitative estimate of drug-likeness (QED) is 0.587. The Morgan fingerprint density at radius 3 is 2.67 bits per heavy atom. The van der Waals surface area contributed by atoms with Crippen molar-refractivity contribution >= 4 is 28.8 Å². The fraction of sp³-hybridized carbons (Fsp3) is 0.667. The van der Waals surface area contributed by atoms with Gasteiger partial charge in [0.25, 0.3) is 5.56 Å². The minimum Gasteiger partial charge on any atom is -0.383 e. The van der Waals surface area contributed by atoms with Gasteiger partial charge < -0.3 is 20.7 Å². The van der Waals surface area contributed by atoms with E-state index in [9.17, 15) is 9.59 Å². The number of H-pyrrole nitrogens is 1. The normalized spacial score (nSPS) is 10.9. The van der Waals surface area contributed by atoms with Crippen molar-refractivity contribution in [3.63, 3.8) is 0 Å². The number of aromatic nitrogens is 2. The van der Waals surface area contributed by atoms with E-state index < -0.39 is 11.2 Å². The standard InChI is InChI=1S/C15H27N5O3S/c1-5-6-7-20-12(16)11(13(21)18-14(20)22)19(8-9-23-4)15(24)17-10(2)3/h10H,5-9,16H2,1-4H3,(H,17,24)(H,18,21,22). The van der Waals surface area contributed by atoms with E-state index in [2.05, 4.69) is 10.3 Å². The molecule has 8 nitrogen and oxygen atoms in total. The lowest BCUT2D eigenvalue weighted by molar-refractivity contribution is 0.207. The van der Waals surface area contributed by atoms with Crippen LogP contribution in [0, 0.1) is 0 Å². The average molecular weight is 357 g/mol. The van der Waals surface area contributed by atoms with E-state index in [0.29, 0.717) is 24.8 Å². The van der Waals surface area contributed by atoms with Crippen molar-refractivity contribution < 1.29 is 4.74 Å². The molecule has 0 unspecified atom stereocenters. The van der Waals surface area contributed by atoms with Gasteiger partial charge in [-0.1, -0.05) is 13.3 Å². The number of hydrogen-bond acceptors (Lipinski definition) is 5. The van der Waals surface area contributed by atoms with Crippen LogP contribution in [0.4, 0.5) is 11.5 Å². The van der Waals surface area contributed by atoms with Gasteiger partial charge in [-0.2, -0.15) is 0 Å². The summed E-state index contributed by atoms with van der Waals surface area (Å²) < 4.78 is 6.47. The number of hydrogen-bond donors (Lipinski definition) is 3. The molecule has 0 atom stereocenters. The first kappa shape index (κ1) is 20.2. The van der Waals surface area contributed by atoms with Crippen molar-refractivity contribution in [1.29, 1.82) is 0 Å². The second-order valence-electron chi connectivity index (χ2n) is 5.75. The fourth-order valence-electron chi connectivity index (χ4n) is 2.20. The van der Waals surface area contributed by atoms with Crippen molar-refractivity contribution in [2.45, 2.75) is 46.2 Å². The molecule has 1 heterocycles. The first-order chi connectivity index (χ1) is 11.3. The lowest BCUT2D eigenvalue weighted by Crippen LogP contribution is -2.48. The number of unbranched alkanes of at least 4 members (excludes halogenated alkanes) is 1. The van der Waals surface area contributed by atoms with Crippen LogP contribution in [0.2, 0.25) is 0 Å². The Labute approximate surface area is 147 Å². The Kier molecular flexibility index (Phi) is 7.93. The lowest BCUT2D eigenvalue weighted by atomic mass is 10.3. The van der Waals surface area contributed by atoms with Crippen LogP contribution in [-0.2, 0) is 11.3 Å². The van der Waals surface area contributed by atoms with E-state index in [4.69, 9.17) is 22.7 Å². The zero-order valence-corrected chi connectivity index (χ0v) is 15.5. The van der Waals surface area contributed by atoms with Gasteiger partial charge in [0.05, 0.1) is 6.61 Å². The third kappa shape index (κ3) is 5.07. The number of ether oxygens (including phenoxy) is 1. The van der Waals surface area contributed by atoms with Gasteiger partial charge in [-0.3, -0.25) is 14.3 Å². The molecule has 0 fully saturated rings. The number of methoxy groups -OCH3 is 1. The number of anilines is 2. The minimum atomic E-state index is -0.561. The van der Waals surface area contributed by atoms with Crippen LogP contribution in [-0.4, -0.2) is 41.0 Å². The third-order valence-corrected chi connectivity index (χ3v) is 3.73. The van der Waals surface area contributed by atoms with Crippen LogP contribution in [0.15, 0.2) is 9.59 Å². The summed E-state index contributed by atoms with van der Waals surface area (Å²) in [5, 5.41) is 3.45. The van der Waals surface area contributed by atoms with E-state index in [0.717, 1.165) is 12.8 Å². The van der Waals surface area contributed by atoms with E-state index in [1.165, 1.54) is 4.57 Å². The number of nitrogens with two attached hydrogens (primary N) is 1. The second-order valence-corrected chi connectivity index (χ2v) is 6.13. The predicted octanol–water partition coefficient (Wildman–Crippen LogP) is 0.655. The molecule has 0 aliphatic heterocycles. The lowest BCUT2D eigenvalue weighted by Gasteiger charge is -2.28. The van der Waals surface area contributed by atoms with Gasteiger partial charge in [-0.25, -0.2) is 4.79 Å². The van der Waals surface area contributed by atoms with Crippen molar-refractivity contribution in [2.24, 2.45) is 0 Å². The Morgan fingerprint density at radius 1 is 1.46 bits per heavy atom. The number of thiocarbonyl (C=S) groups is 1. The van der Waals surface area contributed by atoms with E-state index in [-0.39, 0.29) is 17.5 Å². The van der Waals surface area contributed by atoms with Gasteiger partial charge in [0.15, 0.2) is 10.8 Å². The number of nitrogens with one attached hydrogen (secondary N) is 2. The molecule has 0 spiro atoms. The van der Waals surface area contributed by atoms with Crippen molar-refractivity contribution in [3.05, 3.63) is 20.8 Å². The fourth-order valence-corrected chi connectivity index (χ4v) is 2.62. The molecule has 0 saturated heterocycles. The van der Waals surface area contributed by atoms with Crippen LogP contribution in [0.1, 0.15) is 33.6 Å². The van der Waals surface area contributed by atoms with Crippen LogP contribution in [0.3, 0.4) is 0 Å². The van der Waals surface area contributed by atoms with Gasteiger partial charge in [0.1, 0.15) is 5.82 Å². The van der Waals surface area contributed by atoms with E-state index in [1.807, 2.05) is 20.8 Å². The molecule has 1 aromatic heterocycles. The summed E-state index contributed by atoms with van der Waals surface area (Å²) in [5.74, 6) is 0.112. The highest BCUT2D eigenvalue weighted by atomic mass is 32.1. The number of rotatable bonds is 8. The molecular formula is C15H27N5O3S. The molecule has 9 heteroatoms. The molecule has 0 aliphatic carbocycles. The molecule has 0 amide bonds. The third-order valence-electron chi connectivity index (χ3n) is 3.40. The van der Waals surface area contributed by atoms with Crippen LogP contribution in [0.5, 0.6) is 0 Å². The maximum atomic E-state index is 12.4. The van der Waals surface area contributed by atoms with Crippen LogP contribution >= 0.6 is 12.2 Å². The first-order valence-corrected chi connectivity index (χ1v) is 8.43. The Bertz CT molecular complexity index is 668. The largest absolute Gasteiger partial charge is 0.383 e. The van der Waals surface area contributed by atoms with Gasteiger partial charge in [-0.05, 0) is 32.5 Å². The molecule has 24 heavy (non-hydrogen) atoms. The number of nitrogen functional groups attached to an aromatic ring is 1. The average Bonchev–Trinajstić information content (AvgIpc) is 2.49. The predicted molar refractivity (Wildman–Crippen MR) is 101 cm³/mol. The monoisotopic (exact) mass is 357 g/mol. The molecule has 0 saturated carbocycles. The summed E-state index contributed by atoms with van der Waals surface area (Å²) in [7, 11) is 1.56. The molecule has 1 rings (SSSR count).